The summed E-state index contributed by atoms with van der Waals surface area (Å²) in [5.74, 6) is 0.379. The lowest BCUT2D eigenvalue weighted by atomic mass is 10.2. The Bertz CT molecular complexity index is 807. The predicted molar refractivity (Wildman–Crippen MR) is 88.1 cm³/mol. The number of aryl methyl sites for hydroxylation is 2. The summed E-state index contributed by atoms with van der Waals surface area (Å²) in [4.78, 5) is 23.6. The van der Waals surface area contributed by atoms with Gasteiger partial charge < -0.3 is 23.5 Å². The first-order chi connectivity index (χ1) is 12.5. The molecule has 26 heavy (non-hydrogen) atoms. The summed E-state index contributed by atoms with van der Waals surface area (Å²) in [5, 5.41) is 3.88. The summed E-state index contributed by atoms with van der Waals surface area (Å²) in [6.07, 6.45) is -0.496. The van der Waals surface area contributed by atoms with Crippen LogP contribution in [-0.2, 0) is 20.9 Å². The van der Waals surface area contributed by atoms with E-state index in [1.807, 2.05) is 13.8 Å². The maximum atomic E-state index is 12.2. The van der Waals surface area contributed by atoms with E-state index >= 15 is 0 Å². The minimum atomic E-state index is -0.857. The standard InChI is InChI=1S/C18H19NO7/c1-10-13(11(2)26-19-10)9-24-14-5-4-12(8-16(14)22-3)17(20)25-15-6-7-23-18(15)21/h4-5,8,15H,6-7,9H2,1-3H3/t15-/m1/s1. The molecule has 8 heteroatoms. The first-order valence-corrected chi connectivity index (χ1v) is 8.09. The number of aromatic nitrogens is 1. The number of esters is 2. The molecule has 0 amide bonds. The summed E-state index contributed by atoms with van der Waals surface area (Å²) in [6, 6.07) is 4.67. The fraction of sp³-hybridized carbons (Fsp3) is 0.389. The van der Waals surface area contributed by atoms with Crippen LogP contribution in [0.4, 0.5) is 0 Å². The largest absolute Gasteiger partial charge is 0.493 e. The summed E-state index contributed by atoms with van der Waals surface area (Å²) >= 11 is 0. The molecule has 2 aromatic rings. The average molecular weight is 361 g/mol. The lowest BCUT2D eigenvalue weighted by molar-refractivity contribution is -0.145. The van der Waals surface area contributed by atoms with E-state index in [1.54, 1.807) is 12.1 Å². The lowest BCUT2D eigenvalue weighted by Gasteiger charge is -2.13. The predicted octanol–water partition coefficient (Wildman–Crippen LogP) is 2.35. The zero-order valence-corrected chi connectivity index (χ0v) is 14.7. The van der Waals surface area contributed by atoms with E-state index in [0.29, 0.717) is 23.7 Å². The van der Waals surface area contributed by atoms with Crippen molar-refractivity contribution in [2.75, 3.05) is 13.7 Å². The van der Waals surface area contributed by atoms with E-state index in [1.165, 1.54) is 13.2 Å². The summed E-state index contributed by atoms with van der Waals surface area (Å²) in [5.41, 5.74) is 1.87. The molecule has 138 valence electrons. The fourth-order valence-corrected chi connectivity index (χ4v) is 2.55. The van der Waals surface area contributed by atoms with Crippen molar-refractivity contribution in [3.05, 3.63) is 40.8 Å². The van der Waals surface area contributed by atoms with Crippen LogP contribution in [0.25, 0.3) is 0 Å². The molecule has 1 fully saturated rings. The second-order valence-corrected chi connectivity index (χ2v) is 5.81. The number of ether oxygens (including phenoxy) is 4. The van der Waals surface area contributed by atoms with Crippen LogP contribution < -0.4 is 9.47 Å². The van der Waals surface area contributed by atoms with Gasteiger partial charge in [0, 0.05) is 6.42 Å². The minimum absolute atomic E-state index is 0.256. The third-order valence-electron chi connectivity index (χ3n) is 4.09. The highest BCUT2D eigenvalue weighted by molar-refractivity contribution is 5.92. The van der Waals surface area contributed by atoms with Gasteiger partial charge in [-0.25, -0.2) is 9.59 Å². The SMILES string of the molecule is COc1cc(C(=O)O[C@@H]2CCOC2=O)ccc1OCc1c(C)noc1C. The van der Waals surface area contributed by atoms with Crippen molar-refractivity contribution in [3.63, 3.8) is 0 Å². The Morgan fingerprint density at radius 1 is 1.31 bits per heavy atom. The van der Waals surface area contributed by atoms with E-state index in [2.05, 4.69) is 5.16 Å². The number of hydrogen-bond donors (Lipinski definition) is 0. The highest BCUT2D eigenvalue weighted by Gasteiger charge is 2.30. The van der Waals surface area contributed by atoms with Crippen LogP contribution >= 0.6 is 0 Å². The molecule has 0 spiro atoms. The Kier molecular flexibility index (Phi) is 5.11. The van der Waals surface area contributed by atoms with Crippen LogP contribution in [0.2, 0.25) is 0 Å². The van der Waals surface area contributed by atoms with Gasteiger partial charge in [0.25, 0.3) is 0 Å². The number of nitrogens with zero attached hydrogens (tertiary/aromatic N) is 1. The van der Waals surface area contributed by atoms with E-state index in [4.69, 9.17) is 23.5 Å². The number of rotatable bonds is 6. The molecule has 0 saturated carbocycles. The van der Waals surface area contributed by atoms with Gasteiger partial charge in [-0.3, -0.25) is 0 Å². The average Bonchev–Trinajstić information content (AvgIpc) is 3.18. The first kappa shape index (κ1) is 17.8. The Morgan fingerprint density at radius 3 is 2.73 bits per heavy atom. The molecule has 3 rings (SSSR count). The fourth-order valence-electron chi connectivity index (χ4n) is 2.55. The number of methoxy groups -OCH3 is 1. The normalized spacial score (nSPS) is 16.3. The van der Waals surface area contributed by atoms with Gasteiger partial charge in [0.15, 0.2) is 11.5 Å². The Labute approximate surface area is 150 Å². The molecule has 0 unspecified atom stereocenters. The van der Waals surface area contributed by atoms with Gasteiger partial charge in [-0.2, -0.15) is 0 Å². The Hall–Kier alpha value is -3.03. The molecular formula is C18H19NO7. The van der Waals surface area contributed by atoms with Gasteiger partial charge in [0.1, 0.15) is 12.4 Å². The van der Waals surface area contributed by atoms with E-state index in [0.717, 1.165) is 11.3 Å². The second kappa shape index (κ2) is 7.47. The molecule has 8 nitrogen and oxygen atoms in total. The van der Waals surface area contributed by atoms with Gasteiger partial charge in [0.2, 0.25) is 6.10 Å². The summed E-state index contributed by atoms with van der Waals surface area (Å²) in [7, 11) is 1.47. The van der Waals surface area contributed by atoms with Gasteiger partial charge >= 0.3 is 11.9 Å². The first-order valence-electron chi connectivity index (χ1n) is 8.09. The highest BCUT2D eigenvalue weighted by Crippen LogP contribution is 2.30. The number of benzene rings is 1. The molecule has 2 heterocycles. The van der Waals surface area contributed by atoms with E-state index in [9.17, 15) is 9.59 Å². The van der Waals surface area contributed by atoms with Crippen molar-refractivity contribution in [3.8, 4) is 11.5 Å². The van der Waals surface area contributed by atoms with Crippen molar-refractivity contribution in [2.24, 2.45) is 0 Å². The summed E-state index contributed by atoms with van der Waals surface area (Å²) < 4.78 is 26.1. The quantitative estimate of drug-likeness (QED) is 0.723. The zero-order valence-electron chi connectivity index (χ0n) is 14.7. The number of cyclic esters (lactones) is 1. The number of carbonyl (C=O) groups excluding carboxylic acids is 2. The van der Waals surface area contributed by atoms with E-state index < -0.39 is 18.0 Å². The van der Waals surface area contributed by atoms with Crippen LogP contribution in [0.3, 0.4) is 0 Å². The van der Waals surface area contributed by atoms with Crippen LogP contribution in [0.5, 0.6) is 11.5 Å². The van der Waals surface area contributed by atoms with Crippen molar-refractivity contribution < 1.29 is 33.1 Å². The molecule has 0 bridgehead atoms. The Balaban J connectivity index is 1.71. The molecule has 1 atom stereocenters. The molecular weight excluding hydrogens is 342 g/mol. The molecule has 1 aromatic heterocycles. The third-order valence-corrected chi connectivity index (χ3v) is 4.09. The topological polar surface area (TPSA) is 97.1 Å². The molecule has 1 aromatic carbocycles. The summed E-state index contributed by atoms with van der Waals surface area (Å²) in [6.45, 7) is 4.16. The van der Waals surface area contributed by atoms with Crippen molar-refractivity contribution in [1.29, 1.82) is 0 Å². The van der Waals surface area contributed by atoms with Crippen molar-refractivity contribution in [1.82, 2.24) is 5.16 Å². The van der Waals surface area contributed by atoms with Gasteiger partial charge in [-0.15, -0.1) is 0 Å². The van der Waals surface area contributed by atoms with Crippen LogP contribution in [0.15, 0.2) is 22.7 Å². The molecule has 0 aliphatic carbocycles. The number of carbonyl (C=O) groups is 2. The maximum Gasteiger partial charge on any atom is 0.347 e. The smallest absolute Gasteiger partial charge is 0.347 e. The lowest BCUT2D eigenvalue weighted by Crippen LogP contribution is -2.22. The molecule has 1 aliphatic rings. The van der Waals surface area contributed by atoms with E-state index in [-0.39, 0.29) is 18.8 Å². The molecule has 0 radical (unpaired) electrons. The third kappa shape index (κ3) is 3.63. The van der Waals surface area contributed by atoms with Gasteiger partial charge in [-0.1, -0.05) is 5.16 Å². The van der Waals surface area contributed by atoms with Crippen molar-refractivity contribution in [2.45, 2.75) is 33.0 Å². The van der Waals surface area contributed by atoms with Crippen LogP contribution in [-0.4, -0.2) is 36.9 Å². The highest BCUT2D eigenvalue weighted by atomic mass is 16.6. The van der Waals surface area contributed by atoms with Gasteiger partial charge in [-0.05, 0) is 32.0 Å². The van der Waals surface area contributed by atoms with Crippen LogP contribution in [0, 0.1) is 13.8 Å². The van der Waals surface area contributed by atoms with Crippen LogP contribution in [0.1, 0.15) is 33.8 Å². The molecule has 1 aliphatic heterocycles. The van der Waals surface area contributed by atoms with Crippen molar-refractivity contribution >= 4 is 11.9 Å². The number of hydrogen-bond acceptors (Lipinski definition) is 8. The maximum absolute atomic E-state index is 12.2. The van der Waals surface area contributed by atoms with Gasteiger partial charge in [0.05, 0.1) is 30.5 Å². The monoisotopic (exact) mass is 361 g/mol. The second-order valence-electron chi connectivity index (χ2n) is 5.81. The molecule has 0 N–H and O–H groups in total. The minimum Gasteiger partial charge on any atom is -0.493 e. The zero-order chi connectivity index (χ0) is 18.7. The molecule has 1 saturated heterocycles. The Morgan fingerprint density at radius 2 is 2.12 bits per heavy atom.